The van der Waals surface area contributed by atoms with Crippen LogP contribution in [0.4, 0.5) is 4.39 Å². The maximum absolute atomic E-state index is 13.7. The number of aromatic nitrogens is 1. The predicted molar refractivity (Wildman–Crippen MR) is 73.4 cm³/mol. The first kappa shape index (κ1) is 11.9. The molecule has 96 valence electrons. The molecule has 2 aromatic carbocycles. The number of hydrogen-bond donors (Lipinski definition) is 0. The van der Waals surface area contributed by atoms with Gasteiger partial charge in [-0.3, -0.25) is 0 Å². The molecular weight excluding hydrogens is 241 g/mol. The summed E-state index contributed by atoms with van der Waals surface area (Å²) >= 11 is 0. The van der Waals surface area contributed by atoms with E-state index in [1.807, 2.05) is 18.2 Å². The molecule has 0 aliphatic carbocycles. The Balaban J connectivity index is 2.09. The first-order chi connectivity index (χ1) is 9.28. The van der Waals surface area contributed by atoms with Crippen LogP contribution in [0.3, 0.4) is 0 Å². The van der Waals surface area contributed by atoms with E-state index in [0.29, 0.717) is 17.0 Å². The molecule has 0 bridgehead atoms. The fraction of sp³-hybridized carbons (Fsp3) is 0.188. The summed E-state index contributed by atoms with van der Waals surface area (Å²) < 4.78 is 19.3. The standard InChI is InChI=1S/C16H14FNO/c1-2-5-11-8-9-15-14(10-11)18-16(19-15)12-6-3-4-7-13(12)17/h3-4,6-10H,2,5H2,1H3. The Kier molecular flexibility index (Phi) is 3.03. The number of hydrogen-bond acceptors (Lipinski definition) is 2. The van der Waals surface area contributed by atoms with Gasteiger partial charge in [0.05, 0.1) is 5.56 Å². The fourth-order valence-corrected chi connectivity index (χ4v) is 2.17. The lowest BCUT2D eigenvalue weighted by molar-refractivity contribution is 0.593. The number of aryl methyl sites for hydroxylation is 1. The van der Waals surface area contributed by atoms with Crippen LogP contribution in [0, 0.1) is 5.82 Å². The van der Waals surface area contributed by atoms with Gasteiger partial charge in [-0.25, -0.2) is 9.37 Å². The summed E-state index contributed by atoms with van der Waals surface area (Å²) in [5.74, 6) is 0.0181. The molecule has 1 heterocycles. The normalized spacial score (nSPS) is 11.1. The Morgan fingerprint density at radius 2 is 2.00 bits per heavy atom. The Labute approximate surface area is 110 Å². The first-order valence-corrected chi connectivity index (χ1v) is 6.42. The summed E-state index contributed by atoms with van der Waals surface area (Å²) in [4.78, 5) is 4.38. The van der Waals surface area contributed by atoms with Crippen molar-refractivity contribution in [2.45, 2.75) is 19.8 Å². The minimum Gasteiger partial charge on any atom is -0.436 e. The maximum Gasteiger partial charge on any atom is 0.230 e. The highest BCUT2D eigenvalue weighted by Gasteiger charge is 2.12. The van der Waals surface area contributed by atoms with E-state index >= 15 is 0 Å². The quantitative estimate of drug-likeness (QED) is 0.684. The monoisotopic (exact) mass is 255 g/mol. The van der Waals surface area contributed by atoms with Gasteiger partial charge in [0.1, 0.15) is 11.3 Å². The van der Waals surface area contributed by atoms with Crippen LogP contribution in [0.5, 0.6) is 0 Å². The summed E-state index contributed by atoms with van der Waals surface area (Å²) in [5.41, 5.74) is 3.10. The number of rotatable bonds is 3. The Bertz CT molecular complexity index is 718. The van der Waals surface area contributed by atoms with E-state index < -0.39 is 0 Å². The number of fused-ring (bicyclic) bond motifs is 1. The lowest BCUT2D eigenvalue weighted by atomic mass is 10.1. The molecular formula is C16H14FNO. The molecule has 3 aromatic rings. The third kappa shape index (κ3) is 2.24. The maximum atomic E-state index is 13.7. The third-order valence-electron chi connectivity index (χ3n) is 3.09. The topological polar surface area (TPSA) is 26.0 Å². The molecule has 0 radical (unpaired) electrons. The summed E-state index contributed by atoms with van der Waals surface area (Å²) in [6, 6.07) is 12.4. The Morgan fingerprint density at radius 3 is 2.79 bits per heavy atom. The zero-order valence-corrected chi connectivity index (χ0v) is 10.7. The van der Waals surface area contributed by atoms with Crippen molar-refractivity contribution in [3.8, 4) is 11.5 Å². The van der Waals surface area contributed by atoms with Gasteiger partial charge in [-0.15, -0.1) is 0 Å². The van der Waals surface area contributed by atoms with E-state index in [1.54, 1.807) is 18.2 Å². The van der Waals surface area contributed by atoms with E-state index in [1.165, 1.54) is 11.6 Å². The molecule has 0 aliphatic rings. The van der Waals surface area contributed by atoms with Gasteiger partial charge in [0.25, 0.3) is 0 Å². The molecule has 0 aliphatic heterocycles. The van der Waals surface area contributed by atoms with Gasteiger partial charge in [0, 0.05) is 0 Å². The van der Waals surface area contributed by atoms with Crippen LogP contribution in [-0.4, -0.2) is 4.98 Å². The van der Waals surface area contributed by atoms with Gasteiger partial charge >= 0.3 is 0 Å². The number of oxazole rings is 1. The van der Waals surface area contributed by atoms with E-state index in [2.05, 4.69) is 11.9 Å². The van der Waals surface area contributed by atoms with E-state index in [0.717, 1.165) is 18.4 Å². The second-order valence-electron chi connectivity index (χ2n) is 4.55. The van der Waals surface area contributed by atoms with Crippen molar-refractivity contribution in [1.82, 2.24) is 4.98 Å². The SMILES string of the molecule is CCCc1ccc2oc(-c3ccccc3F)nc2c1. The molecule has 1 aromatic heterocycles. The summed E-state index contributed by atoms with van der Waals surface area (Å²) in [7, 11) is 0. The first-order valence-electron chi connectivity index (χ1n) is 6.42. The van der Waals surface area contributed by atoms with Crippen molar-refractivity contribution in [1.29, 1.82) is 0 Å². The largest absolute Gasteiger partial charge is 0.436 e. The molecule has 0 amide bonds. The highest BCUT2D eigenvalue weighted by Crippen LogP contribution is 2.26. The second-order valence-corrected chi connectivity index (χ2v) is 4.55. The molecule has 2 nitrogen and oxygen atoms in total. The zero-order valence-electron chi connectivity index (χ0n) is 10.7. The van der Waals surface area contributed by atoms with Crippen molar-refractivity contribution < 1.29 is 8.81 Å². The molecule has 0 saturated heterocycles. The number of nitrogens with zero attached hydrogens (tertiary/aromatic N) is 1. The van der Waals surface area contributed by atoms with Crippen molar-refractivity contribution in [3.63, 3.8) is 0 Å². The summed E-state index contributed by atoms with van der Waals surface area (Å²) in [5, 5.41) is 0. The van der Waals surface area contributed by atoms with Crippen LogP contribution < -0.4 is 0 Å². The lowest BCUT2D eigenvalue weighted by Gasteiger charge is -1.95. The Hall–Kier alpha value is -2.16. The van der Waals surface area contributed by atoms with E-state index in [9.17, 15) is 4.39 Å². The molecule has 0 atom stereocenters. The van der Waals surface area contributed by atoms with E-state index in [-0.39, 0.29) is 5.82 Å². The lowest BCUT2D eigenvalue weighted by Crippen LogP contribution is -1.83. The number of halogens is 1. The average Bonchev–Trinajstić information content (AvgIpc) is 2.82. The van der Waals surface area contributed by atoms with Crippen LogP contribution in [0.25, 0.3) is 22.6 Å². The highest BCUT2D eigenvalue weighted by atomic mass is 19.1. The molecule has 0 fully saturated rings. The van der Waals surface area contributed by atoms with Gasteiger partial charge in [-0.05, 0) is 36.2 Å². The van der Waals surface area contributed by atoms with Gasteiger partial charge in [-0.2, -0.15) is 0 Å². The molecule has 0 spiro atoms. The zero-order chi connectivity index (χ0) is 13.2. The minimum atomic E-state index is -0.317. The molecule has 0 saturated carbocycles. The van der Waals surface area contributed by atoms with Crippen LogP contribution in [0.2, 0.25) is 0 Å². The molecule has 19 heavy (non-hydrogen) atoms. The molecule has 0 N–H and O–H groups in total. The molecule has 3 heteroatoms. The van der Waals surface area contributed by atoms with Crippen LogP contribution in [0.15, 0.2) is 46.9 Å². The number of benzene rings is 2. The van der Waals surface area contributed by atoms with Crippen LogP contribution in [-0.2, 0) is 6.42 Å². The average molecular weight is 255 g/mol. The third-order valence-corrected chi connectivity index (χ3v) is 3.09. The van der Waals surface area contributed by atoms with Crippen molar-refractivity contribution in [2.75, 3.05) is 0 Å². The Morgan fingerprint density at radius 1 is 1.16 bits per heavy atom. The van der Waals surface area contributed by atoms with Gasteiger partial charge in [0.2, 0.25) is 5.89 Å². The van der Waals surface area contributed by atoms with Crippen LogP contribution >= 0.6 is 0 Å². The highest BCUT2D eigenvalue weighted by molar-refractivity contribution is 5.77. The molecule has 3 rings (SSSR count). The predicted octanol–water partition coefficient (Wildman–Crippen LogP) is 4.59. The van der Waals surface area contributed by atoms with Crippen LogP contribution in [0.1, 0.15) is 18.9 Å². The van der Waals surface area contributed by atoms with Gasteiger partial charge < -0.3 is 4.42 Å². The summed E-state index contributed by atoms with van der Waals surface area (Å²) in [6.45, 7) is 2.14. The van der Waals surface area contributed by atoms with Gasteiger partial charge in [-0.1, -0.05) is 31.5 Å². The van der Waals surface area contributed by atoms with Crippen molar-refractivity contribution in [2.24, 2.45) is 0 Å². The molecule has 0 unspecified atom stereocenters. The van der Waals surface area contributed by atoms with Crippen molar-refractivity contribution in [3.05, 3.63) is 53.8 Å². The van der Waals surface area contributed by atoms with E-state index in [4.69, 9.17) is 4.42 Å². The smallest absolute Gasteiger partial charge is 0.230 e. The van der Waals surface area contributed by atoms with Gasteiger partial charge in [0.15, 0.2) is 5.58 Å². The van der Waals surface area contributed by atoms with Crippen molar-refractivity contribution >= 4 is 11.1 Å². The summed E-state index contributed by atoms with van der Waals surface area (Å²) in [6.07, 6.45) is 2.10. The second kappa shape index (κ2) is 4.84. The fourth-order valence-electron chi connectivity index (χ4n) is 2.17. The minimum absolute atomic E-state index is 0.317.